The Morgan fingerprint density at radius 3 is 2.31 bits per heavy atom. The molecule has 2 nitrogen and oxygen atoms in total. The lowest BCUT2D eigenvalue weighted by Crippen LogP contribution is -2.30. The smallest absolute Gasteiger partial charge is 0.240 e. The van der Waals surface area contributed by atoms with Crippen molar-refractivity contribution in [3.05, 3.63) is 30.3 Å². The van der Waals surface area contributed by atoms with Crippen molar-refractivity contribution >= 4 is 27.5 Å². The first kappa shape index (κ1) is 10.3. The van der Waals surface area contributed by atoms with Crippen molar-refractivity contribution < 1.29 is 4.79 Å². The predicted molar refractivity (Wildman–Crippen MR) is 58.1 cm³/mol. The highest BCUT2D eigenvalue weighted by molar-refractivity contribution is 9.10. The van der Waals surface area contributed by atoms with Crippen molar-refractivity contribution in [2.75, 3.05) is 5.32 Å². The Hall–Kier alpha value is -0.830. The Morgan fingerprint density at radius 1 is 1.31 bits per heavy atom. The second kappa shape index (κ2) is 3.92. The first-order chi connectivity index (χ1) is 6.00. The maximum Gasteiger partial charge on any atom is 0.240 e. The van der Waals surface area contributed by atoms with Crippen molar-refractivity contribution in [2.24, 2.45) is 0 Å². The number of carbonyl (C=O) groups is 1. The molecule has 3 heteroatoms. The molecule has 1 aromatic carbocycles. The van der Waals surface area contributed by atoms with Gasteiger partial charge in [0.1, 0.15) is 0 Å². The third-order valence-electron chi connectivity index (χ3n) is 1.57. The fourth-order valence-corrected chi connectivity index (χ4v) is 0.900. The van der Waals surface area contributed by atoms with Crippen LogP contribution in [0.25, 0.3) is 0 Å². The molecule has 13 heavy (non-hydrogen) atoms. The average Bonchev–Trinajstić information content (AvgIpc) is 2.04. The summed E-state index contributed by atoms with van der Waals surface area (Å²) in [6, 6.07) is 9.40. The standard InChI is InChI=1S/C10H12BrNO/c1-10(2,11)9(13)12-8-6-4-3-5-7-8/h3-7H,1-2H3,(H,12,13). The van der Waals surface area contributed by atoms with E-state index in [1.54, 1.807) is 0 Å². The van der Waals surface area contributed by atoms with Gasteiger partial charge in [0.15, 0.2) is 0 Å². The highest BCUT2D eigenvalue weighted by Crippen LogP contribution is 2.18. The van der Waals surface area contributed by atoms with E-state index in [1.165, 1.54) is 0 Å². The monoisotopic (exact) mass is 241 g/mol. The molecule has 0 aromatic heterocycles. The number of hydrogen-bond donors (Lipinski definition) is 1. The molecule has 0 bridgehead atoms. The van der Waals surface area contributed by atoms with Crippen molar-refractivity contribution in [2.45, 2.75) is 18.2 Å². The second-order valence-corrected chi connectivity index (χ2v) is 5.28. The van der Waals surface area contributed by atoms with Crippen LogP contribution in [-0.2, 0) is 4.79 Å². The van der Waals surface area contributed by atoms with Gasteiger partial charge in [-0.2, -0.15) is 0 Å². The molecule has 1 rings (SSSR count). The number of nitrogens with one attached hydrogen (secondary N) is 1. The van der Waals surface area contributed by atoms with Gasteiger partial charge in [-0.05, 0) is 26.0 Å². The van der Waals surface area contributed by atoms with Gasteiger partial charge in [0, 0.05) is 5.69 Å². The van der Waals surface area contributed by atoms with Gasteiger partial charge in [-0.1, -0.05) is 34.1 Å². The van der Waals surface area contributed by atoms with E-state index in [-0.39, 0.29) is 5.91 Å². The van der Waals surface area contributed by atoms with Crippen molar-refractivity contribution in [3.63, 3.8) is 0 Å². The Kier molecular flexibility index (Phi) is 3.09. The van der Waals surface area contributed by atoms with E-state index in [0.29, 0.717) is 0 Å². The lowest BCUT2D eigenvalue weighted by molar-refractivity contribution is -0.117. The number of halogens is 1. The molecule has 0 aliphatic heterocycles. The largest absolute Gasteiger partial charge is 0.325 e. The Balaban J connectivity index is 2.66. The summed E-state index contributed by atoms with van der Waals surface area (Å²) in [6.07, 6.45) is 0. The highest BCUT2D eigenvalue weighted by Gasteiger charge is 2.23. The van der Waals surface area contributed by atoms with Crippen molar-refractivity contribution in [1.82, 2.24) is 0 Å². The molecule has 0 spiro atoms. The minimum atomic E-state index is -0.525. The van der Waals surface area contributed by atoms with Gasteiger partial charge >= 0.3 is 0 Å². The zero-order chi connectivity index (χ0) is 9.90. The fraction of sp³-hybridized carbons (Fsp3) is 0.300. The van der Waals surface area contributed by atoms with Crippen LogP contribution in [0.4, 0.5) is 5.69 Å². The van der Waals surface area contributed by atoms with E-state index >= 15 is 0 Å². The van der Waals surface area contributed by atoms with Crippen LogP contribution in [0, 0.1) is 0 Å². The first-order valence-electron chi connectivity index (χ1n) is 4.05. The molecule has 1 amide bonds. The summed E-state index contributed by atoms with van der Waals surface area (Å²) in [5.41, 5.74) is 0.819. The molecule has 70 valence electrons. The van der Waals surface area contributed by atoms with Gasteiger partial charge in [0.05, 0.1) is 4.32 Å². The van der Waals surface area contributed by atoms with Crippen molar-refractivity contribution in [1.29, 1.82) is 0 Å². The normalized spacial score (nSPS) is 11.0. The quantitative estimate of drug-likeness (QED) is 0.794. The van der Waals surface area contributed by atoms with Gasteiger partial charge in [0.25, 0.3) is 0 Å². The summed E-state index contributed by atoms with van der Waals surface area (Å²) in [5, 5.41) is 2.80. The minimum Gasteiger partial charge on any atom is -0.325 e. The Morgan fingerprint density at radius 2 is 1.85 bits per heavy atom. The Labute approximate surface area is 86.5 Å². The molecule has 0 aliphatic carbocycles. The van der Waals surface area contributed by atoms with E-state index < -0.39 is 4.32 Å². The highest BCUT2D eigenvalue weighted by atomic mass is 79.9. The third-order valence-corrected chi connectivity index (χ3v) is 1.93. The van der Waals surface area contributed by atoms with E-state index in [4.69, 9.17) is 0 Å². The fourth-order valence-electron chi connectivity index (χ4n) is 0.801. The lowest BCUT2D eigenvalue weighted by atomic mass is 10.2. The van der Waals surface area contributed by atoms with Crippen LogP contribution in [0.5, 0.6) is 0 Å². The van der Waals surface area contributed by atoms with Gasteiger partial charge < -0.3 is 5.32 Å². The number of amides is 1. The SMILES string of the molecule is CC(C)(Br)C(=O)Nc1ccccc1. The summed E-state index contributed by atoms with van der Waals surface area (Å²) in [6.45, 7) is 3.62. The topological polar surface area (TPSA) is 29.1 Å². The molecular weight excluding hydrogens is 230 g/mol. The number of rotatable bonds is 2. The first-order valence-corrected chi connectivity index (χ1v) is 4.85. The van der Waals surface area contributed by atoms with E-state index in [2.05, 4.69) is 21.2 Å². The molecular formula is C10H12BrNO. The van der Waals surface area contributed by atoms with Crippen LogP contribution in [0.3, 0.4) is 0 Å². The maximum atomic E-state index is 11.5. The van der Waals surface area contributed by atoms with E-state index in [0.717, 1.165) is 5.69 Å². The lowest BCUT2D eigenvalue weighted by Gasteiger charge is -2.15. The van der Waals surface area contributed by atoms with Crippen LogP contribution in [-0.4, -0.2) is 10.2 Å². The number of para-hydroxylation sites is 1. The summed E-state index contributed by atoms with van der Waals surface area (Å²) < 4.78 is -0.525. The molecule has 0 unspecified atom stereocenters. The number of hydrogen-bond acceptors (Lipinski definition) is 1. The minimum absolute atomic E-state index is 0.0429. The molecule has 1 aromatic rings. The second-order valence-electron chi connectivity index (χ2n) is 3.29. The van der Waals surface area contributed by atoms with Gasteiger partial charge in [-0.3, -0.25) is 4.79 Å². The number of benzene rings is 1. The Bertz CT molecular complexity index is 290. The van der Waals surface area contributed by atoms with Crippen LogP contribution >= 0.6 is 15.9 Å². The van der Waals surface area contributed by atoms with Gasteiger partial charge in [-0.15, -0.1) is 0 Å². The summed E-state index contributed by atoms with van der Waals surface area (Å²) in [7, 11) is 0. The molecule has 1 N–H and O–H groups in total. The third kappa shape index (κ3) is 3.19. The molecule has 0 atom stereocenters. The molecule has 0 fully saturated rings. The maximum absolute atomic E-state index is 11.5. The molecule has 0 heterocycles. The van der Waals surface area contributed by atoms with Crippen LogP contribution in [0.15, 0.2) is 30.3 Å². The predicted octanol–water partition coefficient (Wildman–Crippen LogP) is 2.80. The van der Waals surface area contributed by atoms with Crippen LogP contribution in [0.1, 0.15) is 13.8 Å². The van der Waals surface area contributed by atoms with E-state index in [1.807, 2.05) is 44.2 Å². The van der Waals surface area contributed by atoms with Crippen LogP contribution in [0.2, 0.25) is 0 Å². The number of anilines is 1. The molecule has 0 saturated carbocycles. The molecule has 0 aliphatic rings. The van der Waals surface area contributed by atoms with Crippen LogP contribution < -0.4 is 5.32 Å². The summed E-state index contributed by atoms with van der Waals surface area (Å²) in [4.78, 5) is 11.5. The zero-order valence-corrected chi connectivity index (χ0v) is 9.26. The molecule has 0 radical (unpaired) electrons. The van der Waals surface area contributed by atoms with Crippen molar-refractivity contribution in [3.8, 4) is 0 Å². The van der Waals surface area contributed by atoms with E-state index in [9.17, 15) is 4.79 Å². The summed E-state index contributed by atoms with van der Waals surface area (Å²) >= 11 is 3.29. The average molecular weight is 242 g/mol. The molecule has 0 saturated heterocycles. The number of alkyl halides is 1. The van der Waals surface area contributed by atoms with Gasteiger partial charge in [0.2, 0.25) is 5.91 Å². The zero-order valence-electron chi connectivity index (χ0n) is 7.67. The summed E-state index contributed by atoms with van der Waals surface area (Å²) in [5.74, 6) is -0.0429. The van der Waals surface area contributed by atoms with Gasteiger partial charge in [-0.25, -0.2) is 0 Å². The number of carbonyl (C=O) groups excluding carboxylic acids is 1.